The van der Waals surface area contributed by atoms with Crippen LogP contribution in [0.3, 0.4) is 0 Å². The summed E-state index contributed by atoms with van der Waals surface area (Å²) in [6, 6.07) is 10.5. The third-order valence-electron chi connectivity index (χ3n) is 4.31. The molecule has 0 spiro atoms. The third-order valence-corrected chi connectivity index (χ3v) is 4.31. The fraction of sp³-hybridized carbons (Fsp3) is 0.588. The number of piperidine rings is 1. The minimum Gasteiger partial charge on any atom is -0.395 e. The Morgan fingerprint density at radius 2 is 2.10 bits per heavy atom. The van der Waals surface area contributed by atoms with Gasteiger partial charge in [0, 0.05) is 13.6 Å². The maximum Gasteiger partial charge on any atom is 0.239 e. The summed E-state index contributed by atoms with van der Waals surface area (Å²) in [6.45, 7) is 1.35. The van der Waals surface area contributed by atoms with Crippen LogP contribution in [0.25, 0.3) is 0 Å². The highest BCUT2D eigenvalue weighted by atomic mass is 16.3. The standard InChI is InChI=1S/C17H26N2O2/c1-19(11-12-20)17(21)16-10-9-15(13-18-16)8-7-14-5-3-2-4-6-14/h2-6,15-16,18,20H,7-13H2,1H3. The first-order valence-corrected chi connectivity index (χ1v) is 7.84. The highest BCUT2D eigenvalue weighted by Gasteiger charge is 2.27. The third kappa shape index (κ3) is 4.83. The molecule has 1 saturated heterocycles. The van der Waals surface area contributed by atoms with Crippen molar-refractivity contribution in [2.45, 2.75) is 31.7 Å². The highest BCUT2D eigenvalue weighted by molar-refractivity contribution is 5.81. The molecule has 0 bridgehead atoms. The molecular weight excluding hydrogens is 264 g/mol. The number of aliphatic hydroxyl groups excluding tert-OH is 1. The Bertz CT molecular complexity index is 428. The van der Waals surface area contributed by atoms with Gasteiger partial charge in [0.05, 0.1) is 12.6 Å². The van der Waals surface area contributed by atoms with Crippen molar-refractivity contribution in [1.29, 1.82) is 0 Å². The molecule has 4 heteroatoms. The number of benzene rings is 1. The van der Waals surface area contributed by atoms with E-state index in [0.717, 1.165) is 25.8 Å². The summed E-state index contributed by atoms with van der Waals surface area (Å²) < 4.78 is 0. The maximum atomic E-state index is 12.1. The largest absolute Gasteiger partial charge is 0.395 e. The van der Waals surface area contributed by atoms with Gasteiger partial charge >= 0.3 is 0 Å². The molecular formula is C17H26N2O2. The van der Waals surface area contributed by atoms with Crippen LogP contribution in [0.2, 0.25) is 0 Å². The molecule has 0 radical (unpaired) electrons. The molecule has 2 unspecified atom stereocenters. The lowest BCUT2D eigenvalue weighted by Gasteiger charge is -2.31. The van der Waals surface area contributed by atoms with Crippen molar-refractivity contribution in [2.24, 2.45) is 5.92 Å². The van der Waals surface area contributed by atoms with Gasteiger partial charge in [-0.15, -0.1) is 0 Å². The number of carbonyl (C=O) groups excluding carboxylic acids is 1. The number of hydrogen-bond donors (Lipinski definition) is 2. The molecule has 1 heterocycles. The molecule has 1 aromatic carbocycles. The van der Waals surface area contributed by atoms with E-state index < -0.39 is 0 Å². The lowest BCUT2D eigenvalue weighted by molar-refractivity contribution is -0.133. The van der Waals surface area contributed by atoms with E-state index in [1.54, 1.807) is 11.9 Å². The Balaban J connectivity index is 1.72. The van der Waals surface area contributed by atoms with E-state index >= 15 is 0 Å². The molecule has 0 aromatic heterocycles. The highest BCUT2D eigenvalue weighted by Crippen LogP contribution is 2.20. The number of aliphatic hydroxyl groups is 1. The summed E-state index contributed by atoms with van der Waals surface area (Å²) >= 11 is 0. The predicted octanol–water partition coefficient (Wildman–Crippen LogP) is 1.44. The van der Waals surface area contributed by atoms with Crippen LogP contribution in [-0.2, 0) is 11.2 Å². The van der Waals surface area contributed by atoms with Gasteiger partial charge in [-0.2, -0.15) is 0 Å². The minimum atomic E-state index is -0.0745. The first kappa shape index (κ1) is 16.0. The lowest BCUT2D eigenvalue weighted by atomic mass is 9.89. The fourth-order valence-electron chi connectivity index (χ4n) is 2.91. The molecule has 1 fully saturated rings. The summed E-state index contributed by atoms with van der Waals surface area (Å²) in [5, 5.41) is 12.3. The molecule has 1 amide bonds. The molecule has 1 aliphatic rings. The Kier molecular flexibility index (Phi) is 6.21. The second kappa shape index (κ2) is 8.15. The number of hydrogen-bond acceptors (Lipinski definition) is 3. The van der Waals surface area contributed by atoms with Gasteiger partial charge in [0.1, 0.15) is 0 Å². The van der Waals surface area contributed by atoms with Gasteiger partial charge in [-0.05, 0) is 43.7 Å². The molecule has 0 aliphatic carbocycles. The smallest absolute Gasteiger partial charge is 0.239 e. The number of aryl methyl sites for hydroxylation is 1. The van der Waals surface area contributed by atoms with Crippen LogP contribution < -0.4 is 5.32 Å². The molecule has 1 aromatic rings. The second-order valence-electron chi connectivity index (χ2n) is 5.91. The zero-order valence-corrected chi connectivity index (χ0v) is 12.8. The molecule has 21 heavy (non-hydrogen) atoms. The molecule has 2 N–H and O–H groups in total. The minimum absolute atomic E-state index is 0.0225. The second-order valence-corrected chi connectivity index (χ2v) is 5.91. The first-order valence-electron chi connectivity index (χ1n) is 7.84. The number of carbonyl (C=O) groups is 1. The summed E-state index contributed by atoms with van der Waals surface area (Å²) in [5.41, 5.74) is 1.39. The number of likely N-dealkylation sites (N-methyl/N-ethyl adjacent to an activating group) is 1. The van der Waals surface area contributed by atoms with Crippen LogP contribution in [0, 0.1) is 5.92 Å². The van der Waals surface area contributed by atoms with E-state index in [1.807, 2.05) is 6.07 Å². The van der Waals surface area contributed by atoms with Crippen molar-refractivity contribution in [2.75, 3.05) is 26.7 Å². The van der Waals surface area contributed by atoms with Crippen molar-refractivity contribution >= 4 is 5.91 Å². The van der Waals surface area contributed by atoms with Gasteiger partial charge in [-0.3, -0.25) is 4.79 Å². The molecule has 1 aliphatic heterocycles. The van der Waals surface area contributed by atoms with Crippen LogP contribution in [-0.4, -0.2) is 48.7 Å². The number of nitrogens with one attached hydrogen (secondary N) is 1. The molecule has 0 saturated carbocycles. The summed E-state index contributed by atoms with van der Waals surface area (Å²) in [4.78, 5) is 13.7. The van der Waals surface area contributed by atoms with Crippen molar-refractivity contribution in [3.05, 3.63) is 35.9 Å². The van der Waals surface area contributed by atoms with Crippen molar-refractivity contribution < 1.29 is 9.90 Å². The van der Waals surface area contributed by atoms with Crippen LogP contribution >= 0.6 is 0 Å². The van der Waals surface area contributed by atoms with E-state index in [0.29, 0.717) is 12.5 Å². The summed E-state index contributed by atoms with van der Waals surface area (Å²) in [5.74, 6) is 0.753. The number of nitrogens with zero attached hydrogens (tertiary/aromatic N) is 1. The monoisotopic (exact) mass is 290 g/mol. The SMILES string of the molecule is CN(CCO)C(=O)C1CCC(CCc2ccccc2)CN1. The lowest BCUT2D eigenvalue weighted by Crippen LogP contribution is -2.49. The number of amides is 1. The Morgan fingerprint density at radius 3 is 2.71 bits per heavy atom. The van der Waals surface area contributed by atoms with Gasteiger partial charge < -0.3 is 15.3 Å². The molecule has 116 valence electrons. The zero-order chi connectivity index (χ0) is 15.1. The normalized spacial score (nSPS) is 22.0. The number of rotatable bonds is 6. The van der Waals surface area contributed by atoms with Crippen LogP contribution in [0.15, 0.2) is 30.3 Å². The summed E-state index contributed by atoms with van der Waals surface area (Å²) in [7, 11) is 1.75. The quantitative estimate of drug-likeness (QED) is 0.833. The Labute approximate surface area is 127 Å². The maximum absolute atomic E-state index is 12.1. The molecule has 2 rings (SSSR count). The van der Waals surface area contributed by atoms with Crippen LogP contribution in [0.4, 0.5) is 0 Å². The zero-order valence-electron chi connectivity index (χ0n) is 12.8. The average Bonchev–Trinajstić information content (AvgIpc) is 2.54. The predicted molar refractivity (Wildman–Crippen MR) is 84.0 cm³/mol. The topological polar surface area (TPSA) is 52.6 Å². The average molecular weight is 290 g/mol. The fourth-order valence-corrected chi connectivity index (χ4v) is 2.91. The Hall–Kier alpha value is -1.39. The molecule has 2 atom stereocenters. The Morgan fingerprint density at radius 1 is 1.33 bits per heavy atom. The van der Waals surface area contributed by atoms with E-state index in [2.05, 4.69) is 29.6 Å². The van der Waals surface area contributed by atoms with Crippen LogP contribution in [0.5, 0.6) is 0 Å². The van der Waals surface area contributed by atoms with Crippen LogP contribution in [0.1, 0.15) is 24.8 Å². The summed E-state index contributed by atoms with van der Waals surface area (Å²) in [6.07, 6.45) is 4.28. The van der Waals surface area contributed by atoms with E-state index in [4.69, 9.17) is 5.11 Å². The van der Waals surface area contributed by atoms with Crippen molar-refractivity contribution in [3.63, 3.8) is 0 Å². The van der Waals surface area contributed by atoms with Gasteiger partial charge in [-0.25, -0.2) is 0 Å². The van der Waals surface area contributed by atoms with Gasteiger partial charge in [0.25, 0.3) is 0 Å². The van der Waals surface area contributed by atoms with Crippen molar-refractivity contribution in [1.82, 2.24) is 10.2 Å². The van der Waals surface area contributed by atoms with E-state index in [1.165, 1.54) is 12.0 Å². The van der Waals surface area contributed by atoms with Crippen molar-refractivity contribution in [3.8, 4) is 0 Å². The first-order chi connectivity index (χ1) is 10.2. The van der Waals surface area contributed by atoms with E-state index in [9.17, 15) is 4.79 Å². The van der Waals surface area contributed by atoms with Gasteiger partial charge in [0.15, 0.2) is 0 Å². The molecule has 4 nitrogen and oxygen atoms in total. The van der Waals surface area contributed by atoms with Gasteiger partial charge in [-0.1, -0.05) is 30.3 Å². The van der Waals surface area contributed by atoms with Gasteiger partial charge in [0.2, 0.25) is 5.91 Å². The van der Waals surface area contributed by atoms with E-state index in [-0.39, 0.29) is 18.6 Å².